The van der Waals surface area contributed by atoms with Crippen molar-refractivity contribution < 1.29 is 4.79 Å². The van der Waals surface area contributed by atoms with Gasteiger partial charge in [-0.25, -0.2) is 4.79 Å². The van der Waals surface area contributed by atoms with Crippen molar-refractivity contribution in [3.05, 3.63) is 59.7 Å². The Morgan fingerprint density at radius 1 is 0.920 bits per heavy atom. The number of hydrogen-bond donors (Lipinski definition) is 2. The van der Waals surface area contributed by atoms with Gasteiger partial charge in [0.15, 0.2) is 0 Å². The molecule has 25 heavy (non-hydrogen) atoms. The van der Waals surface area contributed by atoms with Crippen molar-refractivity contribution in [3.8, 4) is 0 Å². The zero-order chi connectivity index (χ0) is 16.4. The second-order valence-electron chi connectivity index (χ2n) is 6.24. The van der Waals surface area contributed by atoms with E-state index in [1.54, 1.807) is 0 Å². The van der Waals surface area contributed by atoms with Gasteiger partial charge in [-0.3, -0.25) is 4.90 Å². The van der Waals surface area contributed by atoms with Gasteiger partial charge < -0.3 is 15.5 Å². The van der Waals surface area contributed by atoms with Crippen LogP contribution in [0.2, 0.25) is 0 Å². The highest BCUT2D eigenvalue weighted by Gasteiger charge is 2.27. The molecule has 2 aromatic rings. The standard InChI is InChI=1S/C19H22N4O.ClH/c24-19-21-13-16-17(22-11-9-20-10-12-22)7-4-8-18(16)23(19)14-15-5-2-1-3-6-15;/h1-8,20H,9-14H2,(H,21,24);1H. The number of halogens is 1. The third-order valence-electron chi connectivity index (χ3n) is 4.72. The van der Waals surface area contributed by atoms with Crippen LogP contribution in [0.4, 0.5) is 16.2 Å². The normalized spacial score (nSPS) is 16.7. The number of benzene rings is 2. The number of rotatable bonds is 3. The van der Waals surface area contributed by atoms with Gasteiger partial charge in [-0.2, -0.15) is 0 Å². The molecule has 2 aromatic carbocycles. The SMILES string of the molecule is Cl.O=C1NCc2c(N3CCNCC3)cccc2N1Cc1ccccc1. The molecule has 1 fully saturated rings. The van der Waals surface area contributed by atoms with E-state index in [9.17, 15) is 4.79 Å². The van der Waals surface area contributed by atoms with Gasteiger partial charge in [0.2, 0.25) is 0 Å². The molecule has 2 aliphatic heterocycles. The molecular formula is C19H23ClN4O. The van der Waals surface area contributed by atoms with E-state index in [0.29, 0.717) is 13.1 Å². The van der Waals surface area contributed by atoms with Crippen molar-refractivity contribution in [1.82, 2.24) is 10.6 Å². The molecule has 2 heterocycles. The summed E-state index contributed by atoms with van der Waals surface area (Å²) in [7, 11) is 0. The van der Waals surface area contributed by atoms with E-state index < -0.39 is 0 Å². The first-order valence-electron chi connectivity index (χ1n) is 8.50. The van der Waals surface area contributed by atoms with E-state index in [-0.39, 0.29) is 18.4 Å². The Hall–Kier alpha value is -2.24. The average molecular weight is 359 g/mol. The Morgan fingerprint density at radius 2 is 1.64 bits per heavy atom. The molecule has 0 radical (unpaired) electrons. The Bertz CT molecular complexity index is 731. The largest absolute Gasteiger partial charge is 0.369 e. The van der Waals surface area contributed by atoms with Crippen molar-refractivity contribution in [2.45, 2.75) is 13.1 Å². The molecule has 4 rings (SSSR count). The monoisotopic (exact) mass is 358 g/mol. The minimum Gasteiger partial charge on any atom is -0.369 e. The summed E-state index contributed by atoms with van der Waals surface area (Å²) in [4.78, 5) is 16.7. The number of amides is 2. The lowest BCUT2D eigenvalue weighted by molar-refractivity contribution is 0.244. The minimum atomic E-state index is -0.0242. The second kappa shape index (κ2) is 7.76. The summed E-state index contributed by atoms with van der Waals surface area (Å²) in [5.74, 6) is 0. The molecule has 5 nitrogen and oxygen atoms in total. The number of urea groups is 1. The summed E-state index contributed by atoms with van der Waals surface area (Å²) in [6, 6.07) is 16.4. The fourth-order valence-corrected chi connectivity index (χ4v) is 3.49. The summed E-state index contributed by atoms with van der Waals surface area (Å²) < 4.78 is 0. The molecule has 0 saturated carbocycles. The molecule has 0 bridgehead atoms. The molecular weight excluding hydrogens is 336 g/mol. The van der Waals surface area contributed by atoms with Crippen LogP contribution in [0.25, 0.3) is 0 Å². The number of hydrogen-bond acceptors (Lipinski definition) is 3. The highest BCUT2D eigenvalue weighted by Crippen LogP contribution is 2.33. The summed E-state index contributed by atoms with van der Waals surface area (Å²) in [6.07, 6.45) is 0. The van der Waals surface area contributed by atoms with Crippen molar-refractivity contribution in [3.63, 3.8) is 0 Å². The van der Waals surface area contributed by atoms with E-state index in [0.717, 1.165) is 37.4 Å². The lowest BCUT2D eigenvalue weighted by Gasteiger charge is -2.36. The Labute approximate surface area is 154 Å². The third-order valence-corrected chi connectivity index (χ3v) is 4.72. The molecule has 1 saturated heterocycles. The highest BCUT2D eigenvalue weighted by atomic mass is 35.5. The Kier molecular flexibility index (Phi) is 5.46. The molecule has 0 aromatic heterocycles. The van der Waals surface area contributed by atoms with Gasteiger partial charge in [0.05, 0.1) is 12.2 Å². The van der Waals surface area contributed by atoms with E-state index in [1.807, 2.05) is 23.1 Å². The predicted octanol–water partition coefficient (Wildman–Crippen LogP) is 2.75. The van der Waals surface area contributed by atoms with E-state index >= 15 is 0 Å². The Morgan fingerprint density at radius 3 is 2.40 bits per heavy atom. The summed E-state index contributed by atoms with van der Waals surface area (Å²) >= 11 is 0. The molecule has 6 heteroatoms. The van der Waals surface area contributed by atoms with Crippen LogP contribution in [0.3, 0.4) is 0 Å². The fourth-order valence-electron chi connectivity index (χ4n) is 3.49. The maximum atomic E-state index is 12.4. The maximum absolute atomic E-state index is 12.4. The number of piperazine rings is 1. The molecule has 0 aliphatic carbocycles. The molecule has 2 N–H and O–H groups in total. The van der Waals surface area contributed by atoms with Gasteiger partial charge >= 0.3 is 6.03 Å². The number of carbonyl (C=O) groups is 1. The first-order valence-corrected chi connectivity index (χ1v) is 8.50. The van der Waals surface area contributed by atoms with Crippen LogP contribution < -0.4 is 20.4 Å². The van der Waals surface area contributed by atoms with Gasteiger partial charge in [-0.05, 0) is 17.7 Å². The smallest absolute Gasteiger partial charge is 0.322 e. The average Bonchev–Trinajstić information content (AvgIpc) is 2.65. The number of nitrogens with one attached hydrogen (secondary N) is 2. The molecule has 0 unspecified atom stereocenters. The quantitative estimate of drug-likeness (QED) is 0.887. The second-order valence-corrected chi connectivity index (χ2v) is 6.24. The van der Waals surface area contributed by atoms with Crippen molar-refractivity contribution in [2.75, 3.05) is 36.0 Å². The number of nitrogens with zero attached hydrogens (tertiary/aromatic N) is 2. The lowest BCUT2D eigenvalue weighted by Crippen LogP contribution is -2.46. The molecule has 0 atom stereocenters. The van der Waals surface area contributed by atoms with E-state index in [1.165, 1.54) is 11.3 Å². The maximum Gasteiger partial charge on any atom is 0.322 e. The topological polar surface area (TPSA) is 47.6 Å². The first kappa shape index (κ1) is 17.6. The number of anilines is 2. The number of fused-ring (bicyclic) bond motifs is 1. The third kappa shape index (κ3) is 3.57. The van der Waals surface area contributed by atoms with E-state index in [4.69, 9.17) is 0 Å². The van der Waals surface area contributed by atoms with Crippen molar-refractivity contribution in [1.29, 1.82) is 0 Å². The van der Waals surface area contributed by atoms with Crippen molar-refractivity contribution >= 4 is 29.8 Å². The van der Waals surface area contributed by atoms with Crippen molar-refractivity contribution in [2.24, 2.45) is 0 Å². The highest BCUT2D eigenvalue weighted by molar-refractivity contribution is 5.96. The molecule has 2 amide bonds. The summed E-state index contributed by atoms with van der Waals surface area (Å²) in [5.41, 5.74) is 4.62. The van der Waals surface area contributed by atoms with Crippen LogP contribution in [0, 0.1) is 0 Å². The zero-order valence-electron chi connectivity index (χ0n) is 14.1. The molecule has 0 spiro atoms. The van der Waals surface area contributed by atoms with E-state index in [2.05, 4.69) is 45.9 Å². The molecule has 2 aliphatic rings. The summed E-state index contributed by atoms with van der Waals surface area (Å²) in [5, 5.41) is 6.42. The van der Waals surface area contributed by atoms with Crippen LogP contribution in [0.5, 0.6) is 0 Å². The van der Waals surface area contributed by atoms with Gasteiger partial charge in [0.25, 0.3) is 0 Å². The molecule has 132 valence electrons. The van der Waals surface area contributed by atoms with Crippen LogP contribution in [0.15, 0.2) is 48.5 Å². The first-order chi connectivity index (χ1) is 11.8. The van der Waals surface area contributed by atoms with Crippen LogP contribution in [0.1, 0.15) is 11.1 Å². The van der Waals surface area contributed by atoms with Gasteiger partial charge in [0, 0.05) is 44.0 Å². The van der Waals surface area contributed by atoms with Gasteiger partial charge in [0.1, 0.15) is 0 Å². The van der Waals surface area contributed by atoms with Gasteiger partial charge in [-0.15, -0.1) is 12.4 Å². The minimum absolute atomic E-state index is 0. The Balaban J connectivity index is 0.00000182. The van der Waals surface area contributed by atoms with Crippen LogP contribution >= 0.6 is 12.4 Å². The predicted molar refractivity (Wildman–Crippen MR) is 104 cm³/mol. The van der Waals surface area contributed by atoms with Crippen LogP contribution in [-0.2, 0) is 13.1 Å². The zero-order valence-corrected chi connectivity index (χ0v) is 14.9. The lowest BCUT2D eigenvalue weighted by atomic mass is 10.0. The number of carbonyl (C=O) groups excluding carboxylic acids is 1. The fraction of sp³-hybridized carbons (Fsp3) is 0.316. The van der Waals surface area contributed by atoms with Gasteiger partial charge in [-0.1, -0.05) is 36.4 Å². The van der Waals surface area contributed by atoms with Crippen LogP contribution in [-0.4, -0.2) is 32.2 Å². The summed E-state index contributed by atoms with van der Waals surface area (Å²) in [6.45, 7) is 5.20.